The van der Waals surface area contributed by atoms with E-state index in [0.29, 0.717) is 22.2 Å². The van der Waals surface area contributed by atoms with Crippen LogP contribution >= 0.6 is 34.9 Å². The van der Waals surface area contributed by atoms with Crippen LogP contribution in [0.15, 0.2) is 50.6 Å². The molecule has 3 aromatic heterocycles. The summed E-state index contributed by atoms with van der Waals surface area (Å²) in [7, 11) is 0. The molecule has 4 aromatic rings. The van der Waals surface area contributed by atoms with E-state index in [9.17, 15) is 9.59 Å². The van der Waals surface area contributed by atoms with Crippen molar-refractivity contribution in [3.63, 3.8) is 0 Å². The average molecular weight is 446 g/mol. The monoisotopic (exact) mass is 445 g/mol. The highest BCUT2D eigenvalue weighted by atomic mass is 32.2. The average Bonchev–Trinajstić information content (AvgIpc) is 3.36. The zero-order chi connectivity index (χ0) is 20.4. The molecule has 0 spiro atoms. The summed E-state index contributed by atoms with van der Waals surface area (Å²) in [6, 6.07) is 9.62. The normalized spacial score (nSPS) is 11.4. The minimum Gasteiger partial charge on any atom is -0.325 e. The van der Waals surface area contributed by atoms with Gasteiger partial charge in [0.2, 0.25) is 11.7 Å². The molecule has 0 aliphatic carbocycles. The lowest BCUT2D eigenvalue weighted by Crippen LogP contribution is -2.22. The standard InChI is InChI=1S/C19H19N5O2S3/c1-3-8-23-17(26)16-14(7-9-28-16)24-18(23)21-22-19(24)29-11-15(25)20-12-5-4-6-13(10-12)27-2/h4-7,9-10H,3,8,11H2,1-2H3,(H,20,25). The molecule has 4 rings (SSSR count). The first kappa shape index (κ1) is 20.0. The Morgan fingerprint density at radius 2 is 2.14 bits per heavy atom. The number of aromatic nitrogens is 4. The topological polar surface area (TPSA) is 81.3 Å². The molecule has 0 radical (unpaired) electrons. The minimum absolute atomic E-state index is 0.0419. The van der Waals surface area contributed by atoms with Crippen LogP contribution in [0.25, 0.3) is 16.0 Å². The maximum Gasteiger partial charge on any atom is 0.272 e. The lowest BCUT2D eigenvalue weighted by molar-refractivity contribution is -0.113. The van der Waals surface area contributed by atoms with Gasteiger partial charge < -0.3 is 5.32 Å². The fourth-order valence-electron chi connectivity index (χ4n) is 3.05. The first-order chi connectivity index (χ1) is 14.1. The molecule has 0 bridgehead atoms. The number of carbonyl (C=O) groups excluding carboxylic acids is 1. The number of nitrogens with zero attached hydrogens (tertiary/aromatic N) is 4. The molecule has 0 fully saturated rings. The lowest BCUT2D eigenvalue weighted by Gasteiger charge is -2.08. The lowest BCUT2D eigenvalue weighted by atomic mass is 10.3. The van der Waals surface area contributed by atoms with Crippen molar-refractivity contribution in [2.45, 2.75) is 29.9 Å². The molecular formula is C19H19N5O2S3. The van der Waals surface area contributed by atoms with E-state index in [1.165, 1.54) is 23.1 Å². The third-order valence-electron chi connectivity index (χ3n) is 4.32. The van der Waals surface area contributed by atoms with Gasteiger partial charge in [0.1, 0.15) is 4.70 Å². The van der Waals surface area contributed by atoms with Gasteiger partial charge in [-0.1, -0.05) is 24.8 Å². The maximum absolute atomic E-state index is 12.7. The number of amides is 1. The molecule has 29 heavy (non-hydrogen) atoms. The van der Waals surface area contributed by atoms with E-state index in [4.69, 9.17) is 0 Å². The highest BCUT2D eigenvalue weighted by Gasteiger charge is 2.18. The van der Waals surface area contributed by atoms with E-state index in [1.54, 1.807) is 16.3 Å². The second-order valence-electron chi connectivity index (χ2n) is 6.28. The van der Waals surface area contributed by atoms with Gasteiger partial charge in [-0.25, -0.2) is 0 Å². The van der Waals surface area contributed by atoms with Gasteiger partial charge in [0.15, 0.2) is 5.16 Å². The Morgan fingerprint density at radius 3 is 2.93 bits per heavy atom. The summed E-state index contributed by atoms with van der Waals surface area (Å²) in [6.07, 6.45) is 2.82. The van der Waals surface area contributed by atoms with Crippen LogP contribution in [0.3, 0.4) is 0 Å². The van der Waals surface area contributed by atoms with Crippen molar-refractivity contribution in [3.8, 4) is 0 Å². The van der Waals surface area contributed by atoms with Crippen molar-refractivity contribution in [3.05, 3.63) is 46.1 Å². The number of aryl methyl sites for hydroxylation is 1. The van der Waals surface area contributed by atoms with E-state index >= 15 is 0 Å². The number of nitrogens with one attached hydrogen (secondary N) is 1. The third-order valence-corrected chi connectivity index (χ3v) is 6.86. The van der Waals surface area contributed by atoms with Gasteiger partial charge in [0, 0.05) is 17.1 Å². The molecule has 0 atom stereocenters. The van der Waals surface area contributed by atoms with Crippen molar-refractivity contribution in [1.82, 2.24) is 19.2 Å². The van der Waals surface area contributed by atoms with Crippen molar-refractivity contribution < 1.29 is 4.79 Å². The molecule has 1 N–H and O–H groups in total. The molecule has 1 amide bonds. The summed E-state index contributed by atoms with van der Waals surface area (Å²) in [5.41, 5.74) is 1.51. The molecule has 0 unspecified atom stereocenters. The number of anilines is 1. The number of thioether (sulfide) groups is 2. The summed E-state index contributed by atoms with van der Waals surface area (Å²) in [4.78, 5) is 26.3. The van der Waals surface area contributed by atoms with E-state index in [1.807, 2.05) is 53.3 Å². The Balaban J connectivity index is 1.60. The molecule has 3 heterocycles. The predicted molar refractivity (Wildman–Crippen MR) is 120 cm³/mol. The number of rotatable bonds is 7. The maximum atomic E-state index is 12.7. The van der Waals surface area contributed by atoms with Gasteiger partial charge in [0.25, 0.3) is 5.56 Å². The SMILES string of the molecule is CCCn1c(=O)c2sccc2n2c(SCC(=O)Nc3cccc(SC)c3)nnc12. The highest BCUT2D eigenvalue weighted by molar-refractivity contribution is 7.99. The van der Waals surface area contributed by atoms with Gasteiger partial charge in [0.05, 0.1) is 11.3 Å². The van der Waals surface area contributed by atoms with Crippen LogP contribution < -0.4 is 10.9 Å². The van der Waals surface area contributed by atoms with Gasteiger partial charge in [-0.2, -0.15) is 0 Å². The van der Waals surface area contributed by atoms with Crippen molar-refractivity contribution >= 4 is 62.4 Å². The van der Waals surface area contributed by atoms with Crippen LogP contribution in [-0.2, 0) is 11.3 Å². The summed E-state index contributed by atoms with van der Waals surface area (Å²) in [5, 5.41) is 13.9. The Morgan fingerprint density at radius 1 is 1.28 bits per heavy atom. The Labute approximate surface area is 179 Å². The number of fused-ring (bicyclic) bond motifs is 3. The molecule has 0 aliphatic rings. The predicted octanol–water partition coefficient (Wildman–Crippen LogP) is 3.97. The van der Waals surface area contributed by atoms with E-state index in [-0.39, 0.29) is 17.2 Å². The third kappa shape index (κ3) is 3.92. The quantitative estimate of drug-likeness (QED) is 0.434. The first-order valence-electron chi connectivity index (χ1n) is 9.04. The van der Waals surface area contributed by atoms with Crippen molar-refractivity contribution in [2.75, 3.05) is 17.3 Å². The van der Waals surface area contributed by atoms with Crippen LogP contribution in [0, 0.1) is 0 Å². The number of hydrogen-bond acceptors (Lipinski definition) is 7. The highest BCUT2D eigenvalue weighted by Crippen LogP contribution is 2.25. The van der Waals surface area contributed by atoms with Gasteiger partial charge in [-0.05, 0) is 42.3 Å². The van der Waals surface area contributed by atoms with Crippen molar-refractivity contribution in [1.29, 1.82) is 0 Å². The van der Waals surface area contributed by atoms with Crippen LogP contribution in [0.5, 0.6) is 0 Å². The summed E-state index contributed by atoms with van der Waals surface area (Å²) >= 11 is 4.34. The zero-order valence-electron chi connectivity index (χ0n) is 15.9. The smallest absolute Gasteiger partial charge is 0.272 e. The number of thiophene rings is 1. The minimum atomic E-state index is -0.117. The summed E-state index contributed by atoms with van der Waals surface area (Å²) in [6.45, 7) is 2.59. The van der Waals surface area contributed by atoms with E-state index < -0.39 is 0 Å². The molecule has 0 saturated carbocycles. The fourth-order valence-corrected chi connectivity index (χ4v) is 5.07. The Bertz CT molecular complexity index is 1240. The number of hydrogen-bond donors (Lipinski definition) is 1. The molecule has 150 valence electrons. The molecule has 1 aromatic carbocycles. The van der Waals surface area contributed by atoms with Gasteiger partial charge >= 0.3 is 0 Å². The fraction of sp³-hybridized carbons (Fsp3) is 0.263. The first-order valence-corrected chi connectivity index (χ1v) is 12.1. The van der Waals surface area contributed by atoms with E-state index in [2.05, 4.69) is 15.5 Å². The van der Waals surface area contributed by atoms with Gasteiger partial charge in [-0.15, -0.1) is 33.3 Å². The largest absolute Gasteiger partial charge is 0.325 e. The van der Waals surface area contributed by atoms with Crippen LogP contribution in [0.4, 0.5) is 5.69 Å². The summed E-state index contributed by atoms with van der Waals surface area (Å²) in [5.74, 6) is 0.592. The molecule has 7 nitrogen and oxygen atoms in total. The Kier molecular flexibility index (Phi) is 5.93. The van der Waals surface area contributed by atoms with Crippen molar-refractivity contribution in [2.24, 2.45) is 0 Å². The molecule has 0 saturated heterocycles. The van der Waals surface area contributed by atoms with Gasteiger partial charge in [-0.3, -0.25) is 18.6 Å². The number of carbonyl (C=O) groups is 1. The molecule has 10 heteroatoms. The zero-order valence-corrected chi connectivity index (χ0v) is 18.4. The summed E-state index contributed by atoms with van der Waals surface area (Å²) < 4.78 is 4.20. The molecular weight excluding hydrogens is 426 g/mol. The second-order valence-corrected chi connectivity index (χ2v) is 9.02. The Hall–Kier alpha value is -2.30. The number of benzene rings is 1. The van der Waals surface area contributed by atoms with E-state index in [0.717, 1.165) is 22.5 Å². The van der Waals surface area contributed by atoms with Crippen LogP contribution in [0.2, 0.25) is 0 Å². The van der Waals surface area contributed by atoms with Crippen LogP contribution in [0.1, 0.15) is 13.3 Å². The van der Waals surface area contributed by atoms with Crippen LogP contribution in [-0.4, -0.2) is 37.1 Å². The molecule has 0 aliphatic heterocycles. The second kappa shape index (κ2) is 8.60.